The van der Waals surface area contributed by atoms with E-state index < -0.39 is 0 Å². The molecule has 0 aliphatic carbocycles. The molecule has 0 amide bonds. The van der Waals surface area contributed by atoms with Crippen LogP contribution in [0.1, 0.15) is 49.6 Å². The monoisotopic (exact) mass is 322 g/mol. The summed E-state index contributed by atoms with van der Waals surface area (Å²) in [6.07, 6.45) is 5.97. The van der Waals surface area contributed by atoms with Crippen LogP contribution in [0.25, 0.3) is 23.2 Å². The van der Waals surface area contributed by atoms with E-state index in [1.54, 1.807) is 6.07 Å². The molecule has 1 aromatic heterocycles. The lowest BCUT2D eigenvalue weighted by molar-refractivity contribution is 0.403. The molecule has 0 radical (unpaired) electrons. The van der Waals surface area contributed by atoms with Crippen molar-refractivity contribution in [2.45, 2.75) is 32.6 Å². The van der Waals surface area contributed by atoms with Gasteiger partial charge in [-0.15, -0.1) is 0 Å². The number of phenols is 2. The van der Waals surface area contributed by atoms with Gasteiger partial charge in [-0.25, -0.2) is 4.98 Å². The molecule has 0 saturated heterocycles. The highest BCUT2D eigenvalue weighted by atomic mass is 16.3. The second-order valence-electron chi connectivity index (χ2n) is 5.99. The molecule has 0 unspecified atom stereocenters. The minimum Gasteiger partial charge on any atom is -0.504 e. The van der Waals surface area contributed by atoms with E-state index in [0.717, 1.165) is 35.3 Å². The Kier molecular flexibility index (Phi) is 4.56. The van der Waals surface area contributed by atoms with E-state index in [-0.39, 0.29) is 11.5 Å². The number of hydrogen-bond acceptors (Lipinski definition) is 3. The summed E-state index contributed by atoms with van der Waals surface area (Å²) in [5, 5.41) is 18.9. The Hall–Kier alpha value is -2.75. The Balaban J connectivity index is 1.87. The van der Waals surface area contributed by atoms with E-state index in [4.69, 9.17) is 0 Å². The summed E-state index contributed by atoms with van der Waals surface area (Å²) in [7, 11) is 0. The summed E-state index contributed by atoms with van der Waals surface area (Å²) in [6.45, 7) is 4.42. The summed E-state index contributed by atoms with van der Waals surface area (Å²) in [6, 6.07) is 11.1. The first-order valence-corrected chi connectivity index (χ1v) is 8.30. The molecule has 1 heterocycles. The van der Waals surface area contributed by atoms with Crippen LogP contribution in [0, 0.1) is 0 Å². The second-order valence-corrected chi connectivity index (χ2v) is 5.99. The molecule has 3 N–H and O–H groups in total. The third-order valence-electron chi connectivity index (χ3n) is 4.42. The maximum atomic E-state index is 9.53. The Bertz CT molecular complexity index is 876. The Labute approximate surface area is 141 Å². The van der Waals surface area contributed by atoms with Crippen LogP contribution in [0.4, 0.5) is 0 Å². The van der Waals surface area contributed by atoms with Gasteiger partial charge in [0.15, 0.2) is 11.5 Å². The van der Waals surface area contributed by atoms with Gasteiger partial charge in [0.2, 0.25) is 0 Å². The number of imidazole rings is 1. The van der Waals surface area contributed by atoms with Crippen LogP contribution < -0.4 is 0 Å². The number of rotatable bonds is 5. The van der Waals surface area contributed by atoms with Crippen LogP contribution in [-0.4, -0.2) is 20.2 Å². The number of fused-ring (bicyclic) bond motifs is 1. The number of H-pyrrole nitrogens is 1. The maximum Gasteiger partial charge on any atom is 0.157 e. The molecule has 4 heteroatoms. The molecule has 0 atom stereocenters. The van der Waals surface area contributed by atoms with E-state index in [1.165, 1.54) is 17.7 Å². The van der Waals surface area contributed by atoms with Gasteiger partial charge < -0.3 is 15.2 Å². The number of aromatic nitrogens is 2. The molecular weight excluding hydrogens is 300 g/mol. The summed E-state index contributed by atoms with van der Waals surface area (Å²) >= 11 is 0. The van der Waals surface area contributed by atoms with Crippen LogP contribution in [0.3, 0.4) is 0 Å². The minimum atomic E-state index is -0.128. The Morgan fingerprint density at radius 1 is 1.00 bits per heavy atom. The molecule has 124 valence electrons. The average Bonchev–Trinajstić information content (AvgIpc) is 2.99. The number of phenolic OH excluding ortho intramolecular Hbond substituents is 2. The van der Waals surface area contributed by atoms with Gasteiger partial charge in [-0.2, -0.15) is 0 Å². The largest absolute Gasteiger partial charge is 0.504 e. The number of benzene rings is 2. The fourth-order valence-corrected chi connectivity index (χ4v) is 2.95. The van der Waals surface area contributed by atoms with Gasteiger partial charge in [-0.1, -0.05) is 32.1 Å². The van der Waals surface area contributed by atoms with Crippen molar-refractivity contribution in [2.75, 3.05) is 0 Å². The molecule has 0 aliphatic rings. The Morgan fingerprint density at radius 2 is 1.79 bits per heavy atom. The van der Waals surface area contributed by atoms with E-state index in [2.05, 4.69) is 42.0 Å². The molecule has 24 heavy (non-hydrogen) atoms. The van der Waals surface area contributed by atoms with Crippen molar-refractivity contribution in [2.24, 2.45) is 0 Å². The van der Waals surface area contributed by atoms with Crippen molar-refractivity contribution in [3.8, 4) is 11.5 Å². The third kappa shape index (κ3) is 3.27. The zero-order valence-corrected chi connectivity index (χ0v) is 14.0. The lowest BCUT2D eigenvalue weighted by Gasteiger charge is -2.11. The average molecular weight is 322 g/mol. The SMILES string of the molecule is CCC(CC)c1ccc2[nH]c(/C=C/c3ccc(O)c(O)c3)nc2c1. The first-order valence-electron chi connectivity index (χ1n) is 8.30. The molecule has 4 nitrogen and oxygen atoms in total. The maximum absolute atomic E-state index is 9.53. The van der Waals surface area contributed by atoms with Gasteiger partial charge in [-0.3, -0.25) is 0 Å². The van der Waals surface area contributed by atoms with Gasteiger partial charge in [-0.05, 0) is 60.2 Å². The molecule has 3 aromatic rings. The number of hydrogen-bond donors (Lipinski definition) is 3. The van der Waals surface area contributed by atoms with E-state index >= 15 is 0 Å². The first-order chi connectivity index (χ1) is 11.6. The van der Waals surface area contributed by atoms with E-state index in [0.29, 0.717) is 5.92 Å². The summed E-state index contributed by atoms with van der Waals surface area (Å²) < 4.78 is 0. The Morgan fingerprint density at radius 3 is 2.50 bits per heavy atom. The molecule has 2 aromatic carbocycles. The summed E-state index contributed by atoms with van der Waals surface area (Å²) in [5.41, 5.74) is 4.10. The lowest BCUT2D eigenvalue weighted by Crippen LogP contribution is -1.94. The predicted molar refractivity (Wildman–Crippen MR) is 98.1 cm³/mol. The normalized spacial score (nSPS) is 11.8. The molecule has 0 bridgehead atoms. The van der Waals surface area contributed by atoms with Crippen molar-refractivity contribution >= 4 is 23.2 Å². The van der Waals surface area contributed by atoms with Gasteiger partial charge in [0.25, 0.3) is 0 Å². The van der Waals surface area contributed by atoms with Gasteiger partial charge in [0, 0.05) is 0 Å². The van der Waals surface area contributed by atoms with E-state index in [1.807, 2.05) is 12.2 Å². The first kappa shape index (κ1) is 16.1. The lowest BCUT2D eigenvalue weighted by atomic mass is 9.94. The van der Waals surface area contributed by atoms with Crippen molar-refractivity contribution < 1.29 is 10.2 Å². The molecular formula is C20H22N2O2. The van der Waals surface area contributed by atoms with Crippen LogP contribution in [0.2, 0.25) is 0 Å². The smallest absolute Gasteiger partial charge is 0.157 e. The standard InChI is InChI=1S/C20H22N2O2/c1-3-14(4-2)15-7-8-16-17(12-15)22-20(21-16)10-6-13-5-9-18(23)19(24)11-13/h5-12,14,23-24H,3-4H2,1-2H3,(H,21,22)/b10-6+. The van der Waals surface area contributed by atoms with Crippen LogP contribution >= 0.6 is 0 Å². The number of aromatic hydroxyl groups is 2. The van der Waals surface area contributed by atoms with Crippen LogP contribution in [0.15, 0.2) is 36.4 Å². The zero-order chi connectivity index (χ0) is 17.1. The van der Waals surface area contributed by atoms with E-state index in [9.17, 15) is 10.2 Å². The van der Waals surface area contributed by atoms with Crippen molar-refractivity contribution in [3.05, 3.63) is 53.3 Å². The number of nitrogens with one attached hydrogen (secondary N) is 1. The molecule has 0 spiro atoms. The molecule has 0 saturated carbocycles. The minimum absolute atomic E-state index is 0.121. The zero-order valence-electron chi connectivity index (χ0n) is 14.0. The number of nitrogens with zero attached hydrogens (tertiary/aromatic N) is 1. The predicted octanol–water partition coefficient (Wildman–Crippen LogP) is 5.05. The number of aromatic amines is 1. The molecule has 3 rings (SSSR count). The van der Waals surface area contributed by atoms with Gasteiger partial charge >= 0.3 is 0 Å². The van der Waals surface area contributed by atoms with Gasteiger partial charge in [0.05, 0.1) is 11.0 Å². The second kappa shape index (κ2) is 6.79. The third-order valence-corrected chi connectivity index (χ3v) is 4.42. The fraction of sp³-hybridized carbons (Fsp3) is 0.250. The van der Waals surface area contributed by atoms with Crippen molar-refractivity contribution in [1.82, 2.24) is 9.97 Å². The quantitative estimate of drug-likeness (QED) is 0.576. The van der Waals surface area contributed by atoms with Crippen molar-refractivity contribution in [1.29, 1.82) is 0 Å². The highest BCUT2D eigenvalue weighted by Crippen LogP contribution is 2.27. The van der Waals surface area contributed by atoms with Crippen LogP contribution in [0.5, 0.6) is 11.5 Å². The summed E-state index contributed by atoms with van der Waals surface area (Å²) in [4.78, 5) is 7.91. The topological polar surface area (TPSA) is 69.1 Å². The van der Waals surface area contributed by atoms with Crippen LogP contribution in [-0.2, 0) is 0 Å². The highest BCUT2D eigenvalue weighted by Gasteiger charge is 2.09. The fourth-order valence-electron chi connectivity index (χ4n) is 2.95. The molecule has 0 aliphatic heterocycles. The molecule has 0 fully saturated rings. The highest BCUT2D eigenvalue weighted by molar-refractivity contribution is 5.79. The van der Waals surface area contributed by atoms with Crippen molar-refractivity contribution in [3.63, 3.8) is 0 Å². The van der Waals surface area contributed by atoms with Gasteiger partial charge in [0.1, 0.15) is 5.82 Å². The summed E-state index contributed by atoms with van der Waals surface area (Å²) in [5.74, 6) is 1.09.